The van der Waals surface area contributed by atoms with Gasteiger partial charge in [0.1, 0.15) is 0 Å². The van der Waals surface area contributed by atoms with Crippen molar-refractivity contribution in [2.45, 2.75) is 44.7 Å². The van der Waals surface area contributed by atoms with Crippen molar-refractivity contribution in [1.29, 1.82) is 0 Å². The Morgan fingerprint density at radius 1 is 1.25 bits per heavy atom. The highest BCUT2D eigenvalue weighted by Crippen LogP contribution is 2.23. The zero-order chi connectivity index (χ0) is 11.4. The topological polar surface area (TPSA) is 15.3 Å². The van der Waals surface area contributed by atoms with Crippen LogP contribution in [0.25, 0.3) is 0 Å². The molecule has 2 fully saturated rings. The van der Waals surface area contributed by atoms with Gasteiger partial charge in [-0.25, -0.2) is 0 Å². The van der Waals surface area contributed by atoms with E-state index in [-0.39, 0.29) is 0 Å². The van der Waals surface area contributed by atoms with Crippen molar-refractivity contribution in [2.75, 3.05) is 31.6 Å². The molecule has 0 aromatic heterocycles. The maximum atomic E-state index is 3.81. The molecule has 0 aromatic rings. The molecule has 3 heteroatoms. The molecule has 0 amide bonds. The van der Waals surface area contributed by atoms with E-state index in [1.54, 1.807) is 0 Å². The summed E-state index contributed by atoms with van der Waals surface area (Å²) in [7, 11) is 2.25. The summed E-state index contributed by atoms with van der Waals surface area (Å²) in [4.78, 5) is 2.48. The molecule has 16 heavy (non-hydrogen) atoms. The van der Waals surface area contributed by atoms with E-state index in [4.69, 9.17) is 0 Å². The molecule has 2 heterocycles. The summed E-state index contributed by atoms with van der Waals surface area (Å²) in [5, 5.41) is 3.81. The molecule has 2 aliphatic rings. The SMILES string of the molecule is CC1CC(NCC2CCSCC2)CCN1C. The van der Waals surface area contributed by atoms with Crippen molar-refractivity contribution < 1.29 is 0 Å². The van der Waals surface area contributed by atoms with Crippen LogP contribution < -0.4 is 5.32 Å². The second kappa shape index (κ2) is 6.27. The van der Waals surface area contributed by atoms with Crippen LogP contribution in [0.5, 0.6) is 0 Å². The minimum absolute atomic E-state index is 0.758. The number of likely N-dealkylation sites (tertiary alicyclic amines) is 1. The Balaban J connectivity index is 1.65. The Kier molecular flexibility index (Phi) is 4.98. The van der Waals surface area contributed by atoms with Gasteiger partial charge in [-0.05, 0) is 70.2 Å². The van der Waals surface area contributed by atoms with Gasteiger partial charge >= 0.3 is 0 Å². The second-order valence-electron chi connectivity index (χ2n) is 5.51. The van der Waals surface area contributed by atoms with Crippen molar-refractivity contribution in [2.24, 2.45) is 5.92 Å². The summed E-state index contributed by atoms with van der Waals surface area (Å²) in [6.45, 7) is 4.88. The minimum Gasteiger partial charge on any atom is -0.314 e. The minimum atomic E-state index is 0.758. The van der Waals surface area contributed by atoms with Gasteiger partial charge in [0.15, 0.2) is 0 Å². The van der Waals surface area contributed by atoms with Gasteiger partial charge in [-0.15, -0.1) is 0 Å². The molecule has 0 radical (unpaired) electrons. The summed E-state index contributed by atoms with van der Waals surface area (Å²) in [6.07, 6.45) is 5.53. The van der Waals surface area contributed by atoms with E-state index < -0.39 is 0 Å². The van der Waals surface area contributed by atoms with Crippen LogP contribution in [0.15, 0.2) is 0 Å². The summed E-state index contributed by atoms with van der Waals surface area (Å²) >= 11 is 2.13. The van der Waals surface area contributed by atoms with Crippen molar-refractivity contribution in [1.82, 2.24) is 10.2 Å². The molecule has 0 spiro atoms. The van der Waals surface area contributed by atoms with Crippen LogP contribution in [-0.4, -0.2) is 48.6 Å². The summed E-state index contributed by atoms with van der Waals surface area (Å²) < 4.78 is 0. The largest absolute Gasteiger partial charge is 0.314 e. The van der Waals surface area contributed by atoms with Crippen molar-refractivity contribution in [3.8, 4) is 0 Å². The zero-order valence-electron chi connectivity index (χ0n) is 10.7. The molecule has 0 aromatic carbocycles. The molecular formula is C13H26N2S. The van der Waals surface area contributed by atoms with Crippen LogP contribution in [0.3, 0.4) is 0 Å². The molecule has 2 nitrogen and oxygen atoms in total. The van der Waals surface area contributed by atoms with Crippen LogP contribution in [0.2, 0.25) is 0 Å². The molecule has 0 saturated carbocycles. The van der Waals surface area contributed by atoms with Gasteiger partial charge in [0.05, 0.1) is 0 Å². The smallest absolute Gasteiger partial charge is 0.00941 e. The molecule has 2 aliphatic heterocycles. The quantitative estimate of drug-likeness (QED) is 0.817. The fourth-order valence-electron chi connectivity index (χ4n) is 2.76. The molecule has 2 saturated heterocycles. The molecule has 0 bridgehead atoms. The van der Waals surface area contributed by atoms with Gasteiger partial charge in [-0.1, -0.05) is 0 Å². The van der Waals surface area contributed by atoms with Gasteiger partial charge < -0.3 is 10.2 Å². The van der Waals surface area contributed by atoms with E-state index in [2.05, 4.69) is 35.9 Å². The molecular weight excluding hydrogens is 216 g/mol. The van der Waals surface area contributed by atoms with Crippen molar-refractivity contribution in [3.05, 3.63) is 0 Å². The first-order chi connectivity index (χ1) is 7.75. The molecule has 2 atom stereocenters. The summed E-state index contributed by atoms with van der Waals surface area (Å²) in [6, 6.07) is 1.54. The average Bonchev–Trinajstić information content (AvgIpc) is 2.32. The van der Waals surface area contributed by atoms with E-state index in [0.717, 1.165) is 18.0 Å². The number of hydrogen-bond acceptors (Lipinski definition) is 3. The third-order valence-corrected chi connectivity index (χ3v) is 5.29. The maximum absolute atomic E-state index is 3.81. The van der Waals surface area contributed by atoms with E-state index in [1.165, 1.54) is 50.3 Å². The van der Waals surface area contributed by atoms with Gasteiger partial charge in [-0.3, -0.25) is 0 Å². The van der Waals surface area contributed by atoms with Crippen molar-refractivity contribution in [3.63, 3.8) is 0 Å². The molecule has 2 rings (SSSR count). The molecule has 0 aliphatic carbocycles. The van der Waals surface area contributed by atoms with E-state index in [1.807, 2.05) is 0 Å². The normalized spacial score (nSPS) is 34.1. The Morgan fingerprint density at radius 3 is 2.69 bits per heavy atom. The van der Waals surface area contributed by atoms with Crippen LogP contribution in [0.4, 0.5) is 0 Å². The lowest BCUT2D eigenvalue weighted by Gasteiger charge is -2.36. The van der Waals surface area contributed by atoms with E-state index in [9.17, 15) is 0 Å². The Morgan fingerprint density at radius 2 is 2.00 bits per heavy atom. The van der Waals surface area contributed by atoms with Gasteiger partial charge in [-0.2, -0.15) is 11.8 Å². The average molecular weight is 242 g/mol. The Bertz CT molecular complexity index is 204. The monoisotopic (exact) mass is 242 g/mol. The summed E-state index contributed by atoms with van der Waals surface area (Å²) in [5.74, 6) is 3.72. The number of rotatable bonds is 3. The summed E-state index contributed by atoms with van der Waals surface area (Å²) in [5.41, 5.74) is 0. The first-order valence-electron chi connectivity index (χ1n) is 6.77. The number of nitrogens with one attached hydrogen (secondary N) is 1. The predicted octanol–water partition coefficient (Wildman–Crippen LogP) is 2.20. The number of piperidine rings is 1. The van der Waals surface area contributed by atoms with Crippen LogP contribution in [0, 0.1) is 5.92 Å². The molecule has 1 N–H and O–H groups in total. The standard InChI is InChI=1S/C13H26N2S/c1-11-9-13(3-6-15(11)2)14-10-12-4-7-16-8-5-12/h11-14H,3-10H2,1-2H3. The molecule has 2 unspecified atom stereocenters. The number of nitrogens with zero attached hydrogens (tertiary/aromatic N) is 1. The van der Waals surface area contributed by atoms with Gasteiger partial charge in [0.2, 0.25) is 0 Å². The number of thioether (sulfide) groups is 1. The van der Waals surface area contributed by atoms with Gasteiger partial charge in [0, 0.05) is 12.1 Å². The maximum Gasteiger partial charge on any atom is 0.00941 e. The van der Waals surface area contributed by atoms with Crippen LogP contribution in [0.1, 0.15) is 32.6 Å². The fraction of sp³-hybridized carbons (Fsp3) is 1.00. The first-order valence-corrected chi connectivity index (χ1v) is 7.92. The Labute approximate surface area is 105 Å². The predicted molar refractivity (Wildman–Crippen MR) is 73.2 cm³/mol. The van der Waals surface area contributed by atoms with Crippen molar-refractivity contribution >= 4 is 11.8 Å². The lowest BCUT2D eigenvalue weighted by atomic mass is 9.97. The highest BCUT2D eigenvalue weighted by atomic mass is 32.2. The lowest BCUT2D eigenvalue weighted by Crippen LogP contribution is -2.46. The fourth-order valence-corrected chi connectivity index (χ4v) is 3.96. The second-order valence-corrected chi connectivity index (χ2v) is 6.74. The lowest BCUT2D eigenvalue weighted by molar-refractivity contribution is 0.165. The zero-order valence-corrected chi connectivity index (χ0v) is 11.6. The van der Waals surface area contributed by atoms with Crippen LogP contribution in [-0.2, 0) is 0 Å². The van der Waals surface area contributed by atoms with Crippen LogP contribution >= 0.6 is 11.8 Å². The highest BCUT2D eigenvalue weighted by molar-refractivity contribution is 7.99. The number of hydrogen-bond donors (Lipinski definition) is 1. The molecule has 94 valence electrons. The highest BCUT2D eigenvalue weighted by Gasteiger charge is 2.23. The third kappa shape index (κ3) is 3.64. The first kappa shape index (κ1) is 12.7. The Hall–Kier alpha value is 0.270. The van der Waals surface area contributed by atoms with E-state index in [0.29, 0.717) is 0 Å². The van der Waals surface area contributed by atoms with E-state index >= 15 is 0 Å². The van der Waals surface area contributed by atoms with Gasteiger partial charge in [0.25, 0.3) is 0 Å². The third-order valence-electron chi connectivity index (χ3n) is 4.24.